The van der Waals surface area contributed by atoms with Crippen LogP contribution in [0.2, 0.25) is 5.02 Å². The summed E-state index contributed by atoms with van der Waals surface area (Å²) in [6.45, 7) is 1.63. The van der Waals surface area contributed by atoms with Gasteiger partial charge in [-0.3, -0.25) is 4.79 Å². The number of nitrogens with zero attached hydrogens (tertiary/aromatic N) is 1. The third-order valence-electron chi connectivity index (χ3n) is 5.04. The van der Waals surface area contributed by atoms with Gasteiger partial charge < -0.3 is 10.2 Å². The first-order chi connectivity index (χ1) is 15.7. The summed E-state index contributed by atoms with van der Waals surface area (Å²) < 4.78 is 27.4. The van der Waals surface area contributed by atoms with Crippen molar-refractivity contribution in [1.29, 1.82) is 0 Å². The number of urea groups is 1. The molecule has 0 saturated carbocycles. The van der Waals surface area contributed by atoms with E-state index in [1.54, 1.807) is 56.4 Å². The molecule has 2 N–H and O–H groups in total. The molecule has 1 atom stereocenters. The van der Waals surface area contributed by atoms with Crippen molar-refractivity contribution in [3.05, 3.63) is 95.0 Å². The highest BCUT2D eigenvalue weighted by atomic mass is 35.5. The van der Waals surface area contributed by atoms with Crippen molar-refractivity contribution < 1.29 is 18.0 Å². The van der Waals surface area contributed by atoms with Crippen LogP contribution in [0.25, 0.3) is 0 Å². The van der Waals surface area contributed by atoms with Gasteiger partial charge in [0.1, 0.15) is 6.04 Å². The summed E-state index contributed by atoms with van der Waals surface area (Å²) in [6, 6.07) is 20.1. The number of hydrogen-bond donors (Lipinski definition) is 2. The van der Waals surface area contributed by atoms with E-state index in [4.69, 9.17) is 11.6 Å². The topological polar surface area (TPSA) is 95.6 Å². The van der Waals surface area contributed by atoms with Gasteiger partial charge in [0.25, 0.3) is 10.0 Å². The van der Waals surface area contributed by atoms with Gasteiger partial charge in [-0.1, -0.05) is 60.1 Å². The molecule has 9 heteroatoms. The molecule has 1 unspecified atom stereocenters. The molecular formula is C24H24ClN3O4S. The minimum atomic E-state index is -4.11. The second kappa shape index (κ2) is 10.5. The highest BCUT2D eigenvalue weighted by molar-refractivity contribution is 7.90. The van der Waals surface area contributed by atoms with Gasteiger partial charge in [0.05, 0.1) is 4.90 Å². The number of hydrogen-bond acceptors (Lipinski definition) is 4. The average molecular weight is 486 g/mol. The standard InChI is InChI=1S/C24H24ClN3O4S/c1-17-8-6-7-11-22(17)33(31,32)27-24(30)26-21(16-18-9-4-3-5-10-18)23(29)28(2)20-14-12-19(25)13-15-20/h3-15,21H,16H2,1-2H3,(H2,26,27,30). The fourth-order valence-corrected chi connectivity index (χ4v) is 4.59. The van der Waals surface area contributed by atoms with Crippen LogP contribution in [0.5, 0.6) is 0 Å². The Labute approximate surface area is 198 Å². The van der Waals surface area contributed by atoms with Crippen LogP contribution in [0.15, 0.2) is 83.8 Å². The third kappa shape index (κ3) is 6.34. The Hall–Kier alpha value is -3.36. The molecular weight excluding hydrogens is 462 g/mol. The number of carbonyl (C=O) groups is 2. The number of sulfonamides is 1. The van der Waals surface area contributed by atoms with E-state index in [9.17, 15) is 18.0 Å². The van der Waals surface area contributed by atoms with Crippen LogP contribution in [-0.4, -0.2) is 33.4 Å². The van der Waals surface area contributed by atoms with Crippen molar-refractivity contribution in [3.8, 4) is 0 Å². The monoisotopic (exact) mass is 485 g/mol. The normalized spacial score (nSPS) is 12.0. The summed E-state index contributed by atoms with van der Waals surface area (Å²) >= 11 is 5.93. The molecule has 0 saturated heterocycles. The van der Waals surface area contributed by atoms with E-state index in [-0.39, 0.29) is 11.3 Å². The van der Waals surface area contributed by atoms with Crippen molar-refractivity contribution in [2.45, 2.75) is 24.3 Å². The lowest BCUT2D eigenvalue weighted by Gasteiger charge is -2.25. The van der Waals surface area contributed by atoms with Crippen molar-refractivity contribution >= 4 is 39.2 Å². The van der Waals surface area contributed by atoms with Gasteiger partial charge in [-0.2, -0.15) is 0 Å². The molecule has 0 heterocycles. The van der Waals surface area contributed by atoms with Crippen LogP contribution < -0.4 is 14.9 Å². The molecule has 0 aromatic heterocycles. The summed E-state index contributed by atoms with van der Waals surface area (Å²) in [5, 5.41) is 3.05. The van der Waals surface area contributed by atoms with Crippen LogP contribution in [0, 0.1) is 6.92 Å². The molecule has 0 bridgehead atoms. The number of carbonyl (C=O) groups excluding carboxylic acids is 2. The van der Waals surface area contributed by atoms with Gasteiger partial charge in [0.15, 0.2) is 0 Å². The molecule has 33 heavy (non-hydrogen) atoms. The van der Waals surface area contributed by atoms with E-state index in [1.807, 2.05) is 35.1 Å². The molecule has 0 aliphatic carbocycles. The molecule has 0 radical (unpaired) electrons. The van der Waals surface area contributed by atoms with Gasteiger partial charge in [-0.05, 0) is 48.4 Å². The Morgan fingerprint density at radius 1 is 0.939 bits per heavy atom. The lowest BCUT2D eigenvalue weighted by Crippen LogP contribution is -2.52. The zero-order valence-electron chi connectivity index (χ0n) is 18.2. The van der Waals surface area contributed by atoms with Crippen LogP contribution in [0.3, 0.4) is 0 Å². The lowest BCUT2D eigenvalue weighted by molar-refractivity contribution is -0.120. The average Bonchev–Trinajstić information content (AvgIpc) is 2.78. The van der Waals surface area contributed by atoms with Crippen molar-refractivity contribution in [3.63, 3.8) is 0 Å². The predicted molar refractivity (Wildman–Crippen MR) is 129 cm³/mol. The zero-order chi connectivity index (χ0) is 24.0. The molecule has 172 valence electrons. The summed E-state index contributed by atoms with van der Waals surface area (Å²) in [4.78, 5) is 27.3. The molecule has 0 spiro atoms. The Morgan fingerprint density at radius 2 is 1.55 bits per heavy atom. The van der Waals surface area contributed by atoms with Crippen LogP contribution in [-0.2, 0) is 21.2 Å². The highest BCUT2D eigenvalue weighted by Gasteiger charge is 2.27. The minimum absolute atomic E-state index is 0.00984. The molecule has 3 aromatic rings. The number of aryl methyl sites for hydroxylation is 1. The van der Waals surface area contributed by atoms with Crippen molar-refractivity contribution in [2.75, 3.05) is 11.9 Å². The molecule has 3 aromatic carbocycles. The second-order valence-electron chi connectivity index (χ2n) is 7.46. The summed E-state index contributed by atoms with van der Waals surface area (Å²) in [6.07, 6.45) is 0.176. The highest BCUT2D eigenvalue weighted by Crippen LogP contribution is 2.19. The third-order valence-corrected chi connectivity index (χ3v) is 6.78. The Morgan fingerprint density at radius 3 is 2.18 bits per heavy atom. The predicted octanol–water partition coefficient (Wildman–Crippen LogP) is 3.91. The summed E-state index contributed by atoms with van der Waals surface area (Å²) in [5.74, 6) is -0.412. The van der Waals surface area contributed by atoms with Gasteiger partial charge in [-0.15, -0.1) is 0 Å². The number of amides is 3. The van der Waals surface area contributed by atoms with E-state index in [1.165, 1.54) is 11.0 Å². The maximum Gasteiger partial charge on any atom is 0.329 e. The first-order valence-corrected chi connectivity index (χ1v) is 12.0. The van der Waals surface area contributed by atoms with Gasteiger partial charge in [-0.25, -0.2) is 17.9 Å². The fourth-order valence-electron chi connectivity index (χ4n) is 3.30. The van der Waals surface area contributed by atoms with Crippen LogP contribution in [0.4, 0.5) is 10.5 Å². The number of anilines is 1. The summed E-state index contributed by atoms with van der Waals surface area (Å²) in [5.41, 5.74) is 1.89. The molecule has 3 rings (SSSR count). The number of halogens is 1. The maximum atomic E-state index is 13.3. The Bertz CT molecular complexity index is 1230. The SMILES string of the molecule is Cc1ccccc1S(=O)(=O)NC(=O)NC(Cc1ccccc1)C(=O)N(C)c1ccc(Cl)cc1. The molecule has 3 amide bonds. The number of likely N-dealkylation sites (N-methyl/N-ethyl adjacent to an activating group) is 1. The Balaban J connectivity index is 1.81. The van der Waals surface area contributed by atoms with Crippen molar-refractivity contribution in [2.24, 2.45) is 0 Å². The largest absolute Gasteiger partial charge is 0.329 e. The molecule has 7 nitrogen and oxygen atoms in total. The first kappa shape index (κ1) is 24.3. The van der Waals surface area contributed by atoms with Crippen LogP contribution >= 0.6 is 11.6 Å². The smallest absolute Gasteiger partial charge is 0.325 e. The number of rotatable bonds is 7. The van der Waals surface area contributed by atoms with Crippen molar-refractivity contribution in [1.82, 2.24) is 10.0 Å². The quantitative estimate of drug-likeness (QED) is 0.530. The van der Waals surface area contributed by atoms with Gasteiger partial charge in [0, 0.05) is 24.2 Å². The molecule has 0 aliphatic rings. The lowest BCUT2D eigenvalue weighted by atomic mass is 10.0. The number of nitrogens with one attached hydrogen (secondary N) is 2. The van der Waals surface area contributed by atoms with E-state index < -0.39 is 28.0 Å². The minimum Gasteiger partial charge on any atom is -0.325 e. The first-order valence-electron chi connectivity index (χ1n) is 10.1. The zero-order valence-corrected chi connectivity index (χ0v) is 19.7. The van der Waals surface area contributed by atoms with E-state index in [0.717, 1.165) is 5.56 Å². The van der Waals surface area contributed by atoms with Gasteiger partial charge in [0.2, 0.25) is 5.91 Å². The van der Waals surface area contributed by atoms with E-state index in [2.05, 4.69) is 5.32 Å². The van der Waals surface area contributed by atoms with E-state index >= 15 is 0 Å². The maximum absolute atomic E-state index is 13.3. The fraction of sp³-hybridized carbons (Fsp3) is 0.167. The number of benzene rings is 3. The van der Waals surface area contributed by atoms with E-state index in [0.29, 0.717) is 16.3 Å². The second-order valence-corrected chi connectivity index (χ2v) is 9.55. The van der Waals surface area contributed by atoms with Gasteiger partial charge >= 0.3 is 6.03 Å². The molecule has 0 fully saturated rings. The van der Waals surface area contributed by atoms with Crippen LogP contribution in [0.1, 0.15) is 11.1 Å². The molecule has 0 aliphatic heterocycles. The Kier molecular flexibility index (Phi) is 7.73. The summed E-state index contributed by atoms with van der Waals surface area (Å²) in [7, 11) is -2.54.